The molecule has 0 bridgehead atoms. The molecule has 110 valence electrons. The normalized spacial score (nSPS) is 16.1. The van der Waals surface area contributed by atoms with Gasteiger partial charge in [-0.1, -0.05) is 11.6 Å². The minimum absolute atomic E-state index is 0.200. The molecule has 0 atom stereocenters. The third kappa shape index (κ3) is 3.30. The molecule has 1 aliphatic heterocycles. The highest BCUT2D eigenvalue weighted by atomic mass is 35.5. The smallest absolute Gasteiger partial charge is 0.409 e. The summed E-state index contributed by atoms with van der Waals surface area (Å²) in [4.78, 5) is 23.6. The van der Waals surface area contributed by atoms with Crippen molar-refractivity contribution in [3.63, 3.8) is 0 Å². The number of ether oxygens (including phenoxy) is 1. The Balaban J connectivity index is 1.92. The molecule has 2 heterocycles. The van der Waals surface area contributed by atoms with E-state index in [4.69, 9.17) is 16.3 Å². The molecule has 1 amide bonds. The van der Waals surface area contributed by atoms with Gasteiger partial charge in [-0.2, -0.15) is 0 Å². The van der Waals surface area contributed by atoms with Crippen LogP contribution < -0.4 is 4.90 Å². The predicted molar refractivity (Wildman–Crippen MR) is 77.1 cm³/mol. The summed E-state index contributed by atoms with van der Waals surface area (Å²) in [5.41, 5.74) is 0. The third-order valence-corrected chi connectivity index (χ3v) is 3.78. The van der Waals surface area contributed by atoms with E-state index in [-0.39, 0.29) is 12.1 Å². The van der Waals surface area contributed by atoms with Gasteiger partial charge in [0.2, 0.25) is 0 Å². The van der Waals surface area contributed by atoms with E-state index in [1.807, 2.05) is 6.92 Å². The van der Waals surface area contributed by atoms with E-state index in [1.54, 1.807) is 18.1 Å². The Morgan fingerprint density at radius 3 is 2.85 bits per heavy atom. The summed E-state index contributed by atoms with van der Waals surface area (Å²) in [5.74, 6) is 0.763. The molecule has 0 N–H and O–H groups in total. The fraction of sp³-hybridized carbons (Fsp3) is 0.615. The minimum atomic E-state index is -0.258. The molecule has 0 aliphatic carbocycles. The fourth-order valence-electron chi connectivity index (χ4n) is 2.38. The van der Waals surface area contributed by atoms with Crippen LogP contribution in [0.25, 0.3) is 0 Å². The number of carbonyl (C=O) groups is 1. The molecular weight excluding hydrogens is 280 g/mol. The number of nitrogens with zero attached hydrogens (tertiary/aromatic N) is 4. The van der Waals surface area contributed by atoms with Gasteiger partial charge >= 0.3 is 6.09 Å². The van der Waals surface area contributed by atoms with E-state index in [0.29, 0.717) is 11.6 Å². The SMILES string of the molecule is CCOC(=O)N(C)C1CCN(c2ncncc2Cl)CC1. The lowest BCUT2D eigenvalue weighted by molar-refractivity contribution is 0.0962. The number of hydrogen-bond acceptors (Lipinski definition) is 5. The topological polar surface area (TPSA) is 58.6 Å². The molecule has 0 aromatic carbocycles. The van der Waals surface area contributed by atoms with Crippen molar-refractivity contribution < 1.29 is 9.53 Å². The lowest BCUT2D eigenvalue weighted by Crippen LogP contribution is -2.46. The van der Waals surface area contributed by atoms with Crippen molar-refractivity contribution >= 4 is 23.5 Å². The van der Waals surface area contributed by atoms with E-state index in [2.05, 4.69) is 14.9 Å². The molecule has 1 fully saturated rings. The van der Waals surface area contributed by atoms with Crippen molar-refractivity contribution in [2.45, 2.75) is 25.8 Å². The Bertz CT molecular complexity index is 463. The number of amides is 1. The maximum Gasteiger partial charge on any atom is 0.409 e. The van der Waals surface area contributed by atoms with Crippen LogP contribution in [0.15, 0.2) is 12.5 Å². The quantitative estimate of drug-likeness (QED) is 0.856. The number of halogens is 1. The van der Waals surface area contributed by atoms with Crippen LogP contribution >= 0.6 is 11.6 Å². The highest BCUT2D eigenvalue weighted by Crippen LogP contribution is 2.26. The van der Waals surface area contributed by atoms with Crippen LogP contribution in [0.5, 0.6) is 0 Å². The average Bonchev–Trinajstić information content (AvgIpc) is 2.47. The first-order valence-electron chi connectivity index (χ1n) is 6.73. The summed E-state index contributed by atoms with van der Waals surface area (Å²) in [6.07, 6.45) is 4.58. The van der Waals surface area contributed by atoms with Gasteiger partial charge in [-0.15, -0.1) is 0 Å². The lowest BCUT2D eigenvalue weighted by atomic mass is 10.0. The van der Waals surface area contributed by atoms with Gasteiger partial charge in [0.25, 0.3) is 0 Å². The first kappa shape index (κ1) is 14.8. The monoisotopic (exact) mass is 298 g/mol. The van der Waals surface area contributed by atoms with Crippen LogP contribution in [0.2, 0.25) is 5.02 Å². The maximum atomic E-state index is 11.7. The Hall–Kier alpha value is -1.56. The summed E-state index contributed by atoms with van der Waals surface area (Å²) >= 11 is 6.10. The molecule has 0 saturated carbocycles. The second-order valence-corrected chi connectivity index (χ2v) is 5.13. The summed E-state index contributed by atoms with van der Waals surface area (Å²) in [6, 6.07) is 0.200. The summed E-state index contributed by atoms with van der Waals surface area (Å²) < 4.78 is 5.02. The number of anilines is 1. The summed E-state index contributed by atoms with van der Waals surface area (Å²) in [7, 11) is 1.79. The van der Waals surface area contributed by atoms with Crippen molar-refractivity contribution in [2.75, 3.05) is 31.6 Å². The highest BCUT2D eigenvalue weighted by molar-refractivity contribution is 6.32. The number of aromatic nitrogens is 2. The molecule has 2 rings (SSSR count). The lowest BCUT2D eigenvalue weighted by Gasteiger charge is -2.36. The van der Waals surface area contributed by atoms with Crippen molar-refractivity contribution in [3.8, 4) is 0 Å². The Morgan fingerprint density at radius 1 is 1.55 bits per heavy atom. The van der Waals surface area contributed by atoms with Crippen molar-refractivity contribution in [3.05, 3.63) is 17.5 Å². The molecule has 0 unspecified atom stereocenters. The number of piperidine rings is 1. The molecule has 7 heteroatoms. The largest absolute Gasteiger partial charge is 0.450 e. The second kappa shape index (κ2) is 6.74. The molecular formula is C13H19ClN4O2. The van der Waals surface area contributed by atoms with Gasteiger partial charge < -0.3 is 14.5 Å². The first-order valence-corrected chi connectivity index (χ1v) is 7.11. The molecule has 1 aromatic heterocycles. The zero-order valence-electron chi connectivity index (χ0n) is 11.8. The number of hydrogen-bond donors (Lipinski definition) is 0. The Morgan fingerprint density at radius 2 is 2.25 bits per heavy atom. The molecule has 20 heavy (non-hydrogen) atoms. The van der Waals surface area contributed by atoms with Crippen LogP contribution in [-0.4, -0.2) is 53.7 Å². The number of rotatable bonds is 3. The van der Waals surface area contributed by atoms with Crippen LogP contribution in [-0.2, 0) is 4.74 Å². The Labute approximate surface area is 123 Å². The van der Waals surface area contributed by atoms with Crippen LogP contribution in [0.1, 0.15) is 19.8 Å². The first-order chi connectivity index (χ1) is 9.63. The molecule has 0 radical (unpaired) electrons. The maximum absolute atomic E-state index is 11.7. The fourth-order valence-corrected chi connectivity index (χ4v) is 2.60. The van der Waals surface area contributed by atoms with Crippen LogP contribution in [0, 0.1) is 0 Å². The zero-order valence-corrected chi connectivity index (χ0v) is 12.5. The van der Waals surface area contributed by atoms with Gasteiger partial charge in [-0.05, 0) is 19.8 Å². The minimum Gasteiger partial charge on any atom is -0.450 e. The predicted octanol–water partition coefficient (Wildman–Crippen LogP) is 2.19. The van der Waals surface area contributed by atoms with Gasteiger partial charge in [-0.25, -0.2) is 14.8 Å². The molecule has 0 spiro atoms. The average molecular weight is 299 g/mol. The molecule has 1 aromatic rings. The van der Waals surface area contributed by atoms with E-state index >= 15 is 0 Å². The third-order valence-electron chi connectivity index (χ3n) is 3.52. The standard InChI is InChI=1S/C13H19ClN4O2/c1-3-20-13(19)17(2)10-4-6-18(7-5-10)12-11(14)8-15-9-16-12/h8-10H,3-7H2,1-2H3. The van der Waals surface area contributed by atoms with Gasteiger partial charge in [0.15, 0.2) is 5.82 Å². The summed E-state index contributed by atoms with van der Waals surface area (Å²) in [6.45, 7) is 3.83. The highest BCUT2D eigenvalue weighted by Gasteiger charge is 2.27. The zero-order chi connectivity index (χ0) is 14.5. The van der Waals surface area contributed by atoms with Gasteiger partial charge in [0.1, 0.15) is 11.3 Å². The van der Waals surface area contributed by atoms with E-state index in [0.717, 1.165) is 31.7 Å². The van der Waals surface area contributed by atoms with E-state index in [1.165, 1.54) is 6.33 Å². The molecule has 6 nitrogen and oxygen atoms in total. The second-order valence-electron chi connectivity index (χ2n) is 4.72. The van der Waals surface area contributed by atoms with Gasteiger partial charge in [-0.3, -0.25) is 0 Å². The summed E-state index contributed by atoms with van der Waals surface area (Å²) in [5, 5.41) is 0.560. The Kier molecular flexibility index (Phi) is 5.00. The molecule has 1 saturated heterocycles. The van der Waals surface area contributed by atoms with Crippen molar-refractivity contribution in [2.24, 2.45) is 0 Å². The van der Waals surface area contributed by atoms with E-state index in [9.17, 15) is 4.79 Å². The van der Waals surface area contributed by atoms with Crippen molar-refractivity contribution in [1.82, 2.24) is 14.9 Å². The van der Waals surface area contributed by atoms with E-state index < -0.39 is 0 Å². The van der Waals surface area contributed by atoms with Crippen molar-refractivity contribution in [1.29, 1.82) is 0 Å². The molecule has 1 aliphatic rings. The van der Waals surface area contributed by atoms with Gasteiger partial charge in [0, 0.05) is 26.2 Å². The van der Waals surface area contributed by atoms with Gasteiger partial charge in [0.05, 0.1) is 12.8 Å². The van der Waals surface area contributed by atoms with Crippen LogP contribution in [0.4, 0.5) is 10.6 Å². The van der Waals surface area contributed by atoms with Crippen LogP contribution in [0.3, 0.4) is 0 Å². The number of carbonyl (C=O) groups excluding carboxylic acids is 1.